The molecule has 0 spiro atoms. The van der Waals surface area contributed by atoms with Crippen molar-refractivity contribution in [3.05, 3.63) is 24.3 Å². The van der Waals surface area contributed by atoms with Crippen LogP contribution in [-0.2, 0) is 32.7 Å². The van der Waals surface area contributed by atoms with E-state index < -0.39 is 26.5 Å². The molecule has 0 aliphatic heterocycles. The number of hydrogen-bond donors (Lipinski definition) is 1. The number of carbonyl (C=O) groups excluding carboxylic acids is 2. The number of unbranched alkanes of at least 4 members (excludes halogenated alkanes) is 29. The SMILES string of the molecule is CCCCCCC/C=C\C/C=C\CCCCCCCCCCCC(=O)OC(COC(=O)CCCCCCCCCCCCCCCCCC)COP(=O)(O)OCC[N+](C)(C)C. The average molecular weight is 885 g/mol. The van der Waals surface area contributed by atoms with Crippen molar-refractivity contribution >= 4 is 19.8 Å². The van der Waals surface area contributed by atoms with Gasteiger partial charge >= 0.3 is 19.8 Å². The zero-order valence-electron chi connectivity index (χ0n) is 40.7. The highest BCUT2D eigenvalue weighted by atomic mass is 31.2. The van der Waals surface area contributed by atoms with Crippen molar-refractivity contribution in [1.82, 2.24) is 0 Å². The van der Waals surface area contributed by atoms with Gasteiger partial charge in [-0.15, -0.1) is 0 Å². The zero-order chi connectivity index (χ0) is 45.0. The Morgan fingerprint density at radius 2 is 0.885 bits per heavy atom. The molecule has 0 saturated carbocycles. The van der Waals surface area contributed by atoms with Crippen LogP contribution in [0.1, 0.15) is 239 Å². The van der Waals surface area contributed by atoms with E-state index in [0.717, 1.165) is 44.9 Å². The molecule has 0 fully saturated rings. The number of carbonyl (C=O) groups is 2. The monoisotopic (exact) mass is 885 g/mol. The van der Waals surface area contributed by atoms with E-state index in [1.807, 2.05) is 21.1 Å². The summed E-state index contributed by atoms with van der Waals surface area (Å²) in [6.45, 7) is 4.45. The first kappa shape index (κ1) is 59.5. The lowest BCUT2D eigenvalue weighted by molar-refractivity contribution is -0.870. The molecule has 1 N–H and O–H groups in total. The minimum Gasteiger partial charge on any atom is -0.462 e. The number of phosphoric ester groups is 1. The summed E-state index contributed by atoms with van der Waals surface area (Å²) in [5.74, 6) is -0.791. The third-order valence-electron chi connectivity index (χ3n) is 11.2. The second-order valence-corrected chi connectivity index (χ2v) is 20.0. The Morgan fingerprint density at radius 3 is 1.30 bits per heavy atom. The predicted molar refractivity (Wildman–Crippen MR) is 257 cm³/mol. The number of allylic oxidation sites excluding steroid dienone is 4. The number of phosphoric acid groups is 1. The van der Waals surface area contributed by atoms with Crippen molar-refractivity contribution < 1.29 is 42.1 Å². The molecule has 61 heavy (non-hydrogen) atoms. The van der Waals surface area contributed by atoms with Gasteiger partial charge in [0.25, 0.3) is 0 Å². The van der Waals surface area contributed by atoms with Crippen molar-refractivity contribution in [3.63, 3.8) is 0 Å². The summed E-state index contributed by atoms with van der Waals surface area (Å²) in [4.78, 5) is 35.5. The first-order valence-electron chi connectivity index (χ1n) is 25.6. The highest BCUT2D eigenvalue weighted by Gasteiger charge is 2.27. The number of hydrogen-bond acceptors (Lipinski definition) is 7. The molecule has 0 aliphatic rings. The maximum atomic E-state index is 12.8. The minimum absolute atomic E-state index is 0.0330. The van der Waals surface area contributed by atoms with Crippen molar-refractivity contribution in [3.8, 4) is 0 Å². The molecular formula is C51H99NO8P+. The van der Waals surface area contributed by atoms with Crippen molar-refractivity contribution in [2.24, 2.45) is 0 Å². The number of nitrogens with zero attached hydrogens (tertiary/aromatic N) is 1. The lowest BCUT2D eigenvalue weighted by Gasteiger charge is -2.24. The molecular weight excluding hydrogens is 786 g/mol. The highest BCUT2D eigenvalue weighted by Crippen LogP contribution is 2.43. The van der Waals surface area contributed by atoms with Gasteiger partial charge in [0.05, 0.1) is 27.7 Å². The second-order valence-electron chi connectivity index (χ2n) is 18.6. The first-order valence-corrected chi connectivity index (χ1v) is 27.1. The molecule has 2 atom stereocenters. The summed E-state index contributed by atoms with van der Waals surface area (Å²) in [6.07, 6.45) is 49.4. The van der Waals surface area contributed by atoms with Crippen LogP contribution in [0.4, 0.5) is 0 Å². The normalized spacial score (nSPS) is 13.6. The molecule has 0 aromatic rings. The molecule has 360 valence electrons. The van der Waals surface area contributed by atoms with Crippen molar-refractivity contribution in [2.75, 3.05) is 47.5 Å². The van der Waals surface area contributed by atoms with Crippen LogP contribution < -0.4 is 0 Å². The first-order chi connectivity index (χ1) is 29.5. The van der Waals surface area contributed by atoms with Crippen LogP contribution >= 0.6 is 7.82 Å². The van der Waals surface area contributed by atoms with Crippen LogP contribution in [0.3, 0.4) is 0 Å². The summed E-state index contributed by atoms with van der Waals surface area (Å²) in [5, 5.41) is 0. The van der Waals surface area contributed by atoms with E-state index in [1.54, 1.807) is 0 Å². The Bertz CT molecular complexity index is 1090. The van der Waals surface area contributed by atoms with E-state index in [2.05, 4.69) is 38.2 Å². The predicted octanol–water partition coefficient (Wildman–Crippen LogP) is 15.1. The van der Waals surface area contributed by atoms with Gasteiger partial charge in [0.1, 0.15) is 19.8 Å². The van der Waals surface area contributed by atoms with Crippen LogP contribution in [0.25, 0.3) is 0 Å². The van der Waals surface area contributed by atoms with Gasteiger partial charge in [-0.05, 0) is 44.9 Å². The zero-order valence-corrected chi connectivity index (χ0v) is 41.6. The molecule has 0 amide bonds. The molecule has 0 bridgehead atoms. The largest absolute Gasteiger partial charge is 0.472 e. The van der Waals surface area contributed by atoms with E-state index in [-0.39, 0.29) is 25.6 Å². The Balaban J connectivity index is 4.24. The van der Waals surface area contributed by atoms with Crippen LogP contribution in [0.15, 0.2) is 24.3 Å². The number of ether oxygens (including phenoxy) is 2. The summed E-state index contributed by atoms with van der Waals surface area (Å²) in [7, 11) is 1.48. The number of esters is 2. The van der Waals surface area contributed by atoms with Gasteiger partial charge in [0.15, 0.2) is 6.10 Å². The van der Waals surface area contributed by atoms with E-state index in [1.165, 1.54) is 161 Å². The smallest absolute Gasteiger partial charge is 0.462 e. The van der Waals surface area contributed by atoms with Gasteiger partial charge in [-0.25, -0.2) is 4.57 Å². The van der Waals surface area contributed by atoms with Crippen molar-refractivity contribution in [2.45, 2.75) is 245 Å². The highest BCUT2D eigenvalue weighted by molar-refractivity contribution is 7.47. The fourth-order valence-electron chi connectivity index (χ4n) is 7.22. The van der Waals surface area contributed by atoms with Gasteiger partial charge in [0.2, 0.25) is 0 Å². The van der Waals surface area contributed by atoms with Crippen LogP contribution in [0, 0.1) is 0 Å². The van der Waals surface area contributed by atoms with Crippen LogP contribution in [-0.4, -0.2) is 74.9 Å². The Morgan fingerprint density at radius 1 is 0.508 bits per heavy atom. The van der Waals surface area contributed by atoms with E-state index in [9.17, 15) is 19.0 Å². The molecule has 0 radical (unpaired) electrons. The summed E-state index contributed by atoms with van der Waals surface area (Å²) >= 11 is 0. The lowest BCUT2D eigenvalue weighted by Crippen LogP contribution is -2.37. The Labute approximate surface area is 377 Å². The summed E-state index contributed by atoms with van der Waals surface area (Å²) in [5.41, 5.74) is 0. The maximum absolute atomic E-state index is 12.8. The molecule has 2 unspecified atom stereocenters. The molecule has 0 heterocycles. The van der Waals surface area contributed by atoms with E-state index in [0.29, 0.717) is 23.9 Å². The quantitative estimate of drug-likeness (QED) is 0.0212. The summed E-state index contributed by atoms with van der Waals surface area (Å²) in [6, 6.07) is 0. The molecule has 0 aliphatic carbocycles. The minimum atomic E-state index is -4.38. The Hall–Kier alpha value is -1.51. The summed E-state index contributed by atoms with van der Waals surface area (Å²) < 4.78 is 34.5. The number of quaternary nitrogens is 1. The molecule has 0 aromatic heterocycles. The Kier molecular flexibility index (Phi) is 42.6. The molecule has 10 heteroatoms. The van der Waals surface area contributed by atoms with Crippen LogP contribution in [0.5, 0.6) is 0 Å². The third-order valence-corrected chi connectivity index (χ3v) is 12.2. The topological polar surface area (TPSA) is 108 Å². The fourth-order valence-corrected chi connectivity index (χ4v) is 7.96. The number of rotatable bonds is 47. The number of likely N-dealkylation sites (N-methyl/N-ethyl adjacent to an activating group) is 1. The molecule has 0 saturated heterocycles. The third kappa shape index (κ3) is 47.8. The van der Waals surface area contributed by atoms with E-state index >= 15 is 0 Å². The van der Waals surface area contributed by atoms with Gasteiger partial charge in [-0.1, -0.05) is 205 Å². The van der Waals surface area contributed by atoms with Crippen LogP contribution in [0.2, 0.25) is 0 Å². The lowest BCUT2D eigenvalue weighted by atomic mass is 10.0. The maximum Gasteiger partial charge on any atom is 0.472 e. The van der Waals surface area contributed by atoms with Gasteiger partial charge in [-0.2, -0.15) is 0 Å². The molecule has 0 aromatic carbocycles. The molecule has 0 rings (SSSR count). The van der Waals surface area contributed by atoms with E-state index in [4.69, 9.17) is 18.5 Å². The van der Waals surface area contributed by atoms with Gasteiger partial charge in [0, 0.05) is 12.8 Å². The fraction of sp³-hybridized carbons (Fsp3) is 0.882. The van der Waals surface area contributed by atoms with Crippen molar-refractivity contribution in [1.29, 1.82) is 0 Å². The second kappa shape index (κ2) is 43.7. The van der Waals surface area contributed by atoms with Gasteiger partial charge in [-0.3, -0.25) is 18.6 Å². The average Bonchev–Trinajstić information content (AvgIpc) is 3.21. The molecule has 9 nitrogen and oxygen atoms in total. The standard InChI is InChI=1S/C51H98NO8P/c1-6-8-10-12-14-16-18-20-22-24-25-26-27-28-30-32-34-36-38-40-42-44-51(54)60-49(48-59-61(55,56)58-46-45-52(3,4)5)47-57-50(53)43-41-39-37-35-33-31-29-23-21-19-17-15-13-11-9-7-2/h18,20,24-25,49H,6-17,19,21-23,26-48H2,1-5H3/p+1/b20-18-,25-24-. The van der Waals surface area contributed by atoms with Gasteiger partial charge < -0.3 is 18.9 Å².